The Balaban J connectivity index is 1.55. The third-order valence-corrected chi connectivity index (χ3v) is 5.66. The van der Waals surface area contributed by atoms with Crippen molar-refractivity contribution < 1.29 is 4.79 Å². The molecule has 0 aliphatic carbocycles. The summed E-state index contributed by atoms with van der Waals surface area (Å²) in [6.07, 6.45) is 0. The maximum absolute atomic E-state index is 12.4. The minimum absolute atomic E-state index is 0.240. The van der Waals surface area contributed by atoms with Gasteiger partial charge in [0.15, 0.2) is 5.82 Å². The van der Waals surface area contributed by atoms with Crippen molar-refractivity contribution in [3.8, 4) is 10.6 Å². The number of nitrogens with one attached hydrogen (secondary N) is 1. The van der Waals surface area contributed by atoms with Gasteiger partial charge in [0, 0.05) is 14.8 Å². The Bertz CT molecular complexity index is 1120. The highest BCUT2D eigenvalue weighted by molar-refractivity contribution is 14.1. The molecule has 1 N–H and O–H groups in total. The number of benzene rings is 2. The quantitative estimate of drug-likeness (QED) is 0.419. The fraction of sp³-hybridized carbons (Fsp3) is 0.0588. The number of fused-ring (bicyclic) bond motifs is 1. The van der Waals surface area contributed by atoms with E-state index in [-0.39, 0.29) is 5.91 Å². The number of rotatable bonds is 3. The van der Waals surface area contributed by atoms with Gasteiger partial charge in [-0.3, -0.25) is 4.79 Å². The standard InChI is InChI=1S/C17H11ClIN5OS/c1-9-21-22-17-24(9)23-16(26-17)10-2-5-12(6-3-10)20-15(25)13-8-11(19)4-7-14(13)18/h2-8H,1H3,(H,20,25). The van der Waals surface area contributed by atoms with Crippen LogP contribution in [0.1, 0.15) is 16.2 Å². The Labute approximate surface area is 171 Å². The lowest BCUT2D eigenvalue weighted by molar-refractivity contribution is 0.102. The molecule has 130 valence electrons. The van der Waals surface area contributed by atoms with Gasteiger partial charge in [-0.15, -0.1) is 10.2 Å². The summed E-state index contributed by atoms with van der Waals surface area (Å²) < 4.78 is 2.67. The number of carbonyl (C=O) groups excluding carboxylic acids is 1. The first-order valence-corrected chi connectivity index (χ1v) is 9.84. The molecule has 1 amide bonds. The summed E-state index contributed by atoms with van der Waals surface area (Å²) in [6.45, 7) is 1.86. The Hall–Kier alpha value is -2.04. The minimum Gasteiger partial charge on any atom is -0.322 e. The van der Waals surface area contributed by atoms with Crippen LogP contribution in [0.3, 0.4) is 0 Å². The van der Waals surface area contributed by atoms with E-state index >= 15 is 0 Å². The topological polar surface area (TPSA) is 72.2 Å². The van der Waals surface area contributed by atoms with Crippen molar-refractivity contribution in [2.24, 2.45) is 0 Å². The molecule has 0 unspecified atom stereocenters. The van der Waals surface area contributed by atoms with Crippen LogP contribution in [0, 0.1) is 10.5 Å². The van der Waals surface area contributed by atoms with Crippen molar-refractivity contribution in [1.82, 2.24) is 19.8 Å². The van der Waals surface area contributed by atoms with Crippen LogP contribution in [-0.2, 0) is 0 Å². The molecule has 0 bridgehead atoms. The van der Waals surface area contributed by atoms with Crippen molar-refractivity contribution in [3.05, 3.63) is 62.4 Å². The number of aryl methyl sites for hydroxylation is 1. The van der Waals surface area contributed by atoms with Crippen LogP contribution >= 0.6 is 45.5 Å². The van der Waals surface area contributed by atoms with Crippen molar-refractivity contribution in [2.75, 3.05) is 5.32 Å². The van der Waals surface area contributed by atoms with Gasteiger partial charge >= 0.3 is 0 Å². The molecule has 26 heavy (non-hydrogen) atoms. The Morgan fingerprint density at radius 1 is 1.19 bits per heavy atom. The molecule has 0 saturated heterocycles. The fourth-order valence-corrected chi connectivity index (χ4v) is 3.98. The van der Waals surface area contributed by atoms with E-state index in [1.165, 1.54) is 11.3 Å². The summed E-state index contributed by atoms with van der Waals surface area (Å²) in [7, 11) is 0. The molecule has 0 radical (unpaired) electrons. The van der Waals surface area contributed by atoms with E-state index in [1.54, 1.807) is 16.6 Å². The zero-order valence-electron chi connectivity index (χ0n) is 13.4. The number of hydrogen-bond donors (Lipinski definition) is 1. The Morgan fingerprint density at radius 2 is 1.96 bits per heavy atom. The summed E-state index contributed by atoms with van der Waals surface area (Å²) in [5, 5.41) is 16.7. The Morgan fingerprint density at radius 3 is 2.69 bits per heavy atom. The van der Waals surface area contributed by atoms with Crippen LogP contribution in [0.4, 0.5) is 5.69 Å². The van der Waals surface area contributed by atoms with Gasteiger partial charge in [-0.1, -0.05) is 22.9 Å². The molecule has 0 fully saturated rings. The van der Waals surface area contributed by atoms with Gasteiger partial charge in [-0.2, -0.15) is 9.61 Å². The second-order valence-electron chi connectivity index (χ2n) is 5.50. The van der Waals surface area contributed by atoms with E-state index in [9.17, 15) is 4.79 Å². The zero-order chi connectivity index (χ0) is 18.3. The number of hydrogen-bond acceptors (Lipinski definition) is 5. The molecule has 4 aromatic rings. The number of halogens is 2. The van der Waals surface area contributed by atoms with Crippen LogP contribution in [0.25, 0.3) is 15.5 Å². The first-order chi connectivity index (χ1) is 12.5. The number of aromatic nitrogens is 4. The lowest BCUT2D eigenvalue weighted by Crippen LogP contribution is -2.12. The maximum Gasteiger partial charge on any atom is 0.257 e. The molecule has 2 heterocycles. The smallest absolute Gasteiger partial charge is 0.257 e. The van der Waals surface area contributed by atoms with Crippen molar-refractivity contribution >= 4 is 62.1 Å². The lowest BCUT2D eigenvalue weighted by atomic mass is 10.2. The molecular weight excluding hydrogens is 485 g/mol. The summed E-state index contributed by atoms with van der Waals surface area (Å²) in [4.78, 5) is 13.2. The predicted octanol–water partition coefficient (Wildman–Crippen LogP) is 4.67. The van der Waals surface area contributed by atoms with Crippen molar-refractivity contribution in [2.45, 2.75) is 6.92 Å². The van der Waals surface area contributed by atoms with Crippen LogP contribution < -0.4 is 5.32 Å². The molecule has 4 rings (SSSR count). The largest absolute Gasteiger partial charge is 0.322 e. The first-order valence-electron chi connectivity index (χ1n) is 7.57. The summed E-state index contributed by atoms with van der Waals surface area (Å²) in [5.41, 5.74) is 2.09. The highest BCUT2D eigenvalue weighted by atomic mass is 127. The summed E-state index contributed by atoms with van der Waals surface area (Å²) in [6, 6.07) is 12.8. The number of nitrogens with zero attached hydrogens (tertiary/aromatic N) is 4. The monoisotopic (exact) mass is 495 g/mol. The van der Waals surface area contributed by atoms with Gasteiger partial charge in [0.1, 0.15) is 5.01 Å². The minimum atomic E-state index is -0.240. The highest BCUT2D eigenvalue weighted by Gasteiger charge is 2.13. The zero-order valence-corrected chi connectivity index (χ0v) is 17.1. The molecule has 6 nitrogen and oxygen atoms in total. The van der Waals surface area contributed by atoms with E-state index < -0.39 is 0 Å². The maximum atomic E-state index is 12.4. The fourth-order valence-electron chi connectivity index (χ4n) is 2.40. The van der Waals surface area contributed by atoms with E-state index in [2.05, 4.69) is 43.2 Å². The Kier molecular flexibility index (Phi) is 4.63. The van der Waals surface area contributed by atoms with Crippen LogP contribution in [-0.4, -0.2) is 25.7 Å². The third kappa shape index (κ3) is 3.31. The predicted molar refractivity (Wildman–Crippen MR) is 111 cm³/mol. The number of anilines is 1. The molecule has 0 atom stereocenters. The van der Waals surface area contributed by atoms with Crippen molar-refractivity contribution in [3.63, 3.8) is 0 Å². The molecule has 0 aliphatic rings. The SMILES string of the molecule is Cc1nnc2sc(-c3ccc(NC(=O)c4cc(I)ccc4Cl)cc3)nn12. The molecular formula is C17H11ClIN5OS. The molecule has 2 aromatic carbocycles. The van der Waals surface area contributed by atoms with Gasteiger partial charge in [-0.25, -0.2) is 0 Å². The molecule has 0 spiro atoms. The van der Waals surface area contributed by atoms with Gasteiger partial charge in [0.2, 0.25) is 4.96 Å². The molecule has 0 aliphatic heterocycles. The second kappa shape index (κ2) is 6.93. The van der Waals surface area contributed by atoms with Crippen LogP contribution in [0.15, 0.2) is 42.5 Å². The number of carbonyl (C=O) groups is 1. The van der Waals surface area contributed by atoms with Gasteiger partial charge in [-0.05, 0) is 72.0 Å². The van der Waals surface area contributed by atoms with E-state index in [4.69, 9.17) is 11.6 Å². The summed E-state index contributed by atoms with van der Waals surface area (Å²) in [5.74, 6) is 0.511. The molecule has 9 heteroatoms. The summed E-state index contributed by atoms with van der Waals surface area (Å²) >= 11 is 9.73. The normalized spacial score (nSPS) is 11.0. The first kappa shape index (κ1) is 17.4. The van der Waals surface area contributed by atoms with Crippen LogP contribution in [0.2, 0.25) is 5.02 Å². The average Bonchev–Trinajstić information content (AvgIpc) is 3.20. The van der Waals surface area contributed by atoms with Gasteiger partial charge < -0.3 is 5.32 Å². The van der Waals surface area contributed by atoms with E-state index in [1.807, 2.05) is 37.3 Å². The van der Waals surface area contributed by atoms with E-state index in [0.717, 1.165) is 24.9 Å². The van der Waals surface area contributed by atoms with Gasteiger partial charge in [0.25, 0.3) is 5.91 Å². The van der Waals surface area contributed by atoms with Crippen molar-refractivity contribution in [1.29, 1.82) is 0 Å². The lowest BCUT2D eigenvalue weighted by Gasteiger charge is -2.08. The molecule has 2 aromatic heterocycles. The third-order valence-electron chi connectivity index (χ3n) is 3.71. The van der Waals surface area contributed by atoms with E-state index in [0.29, 0.717) is 16.3 Å². The second-order valence-corrected chi connectivity index (χ2v) is 8.11. The average molecular weight is 496 g/mol. The highest BCUT2D eigenvalue weighted by Crippen LogP contribution is 2.27. The number of amides is 1. The van der Waals surface area contributed by atoms with Crippen LogP contribution in [0.5, 0.6) is 0 Å². The molecule has 0 saturated carbocycles. The van der Waals surface area contributed by atoms with Gasteiger partial charge in [0.05, 0.1) is 10.6 Å².